The molecule has 0 aliphatic heterocycles. The van der Waals surface area contributed by atoms with Crippen molar-refractivity contribution in [3.63, 3.8) is 0 Å². The summed E-state index contributed by atoms with van der Waals surface area (Å²) < 4.78 is 14.0. The molecule has 2 rings (SSSR count). The van der Waals surface area contributed by atoms with Crippen LogP contribution in [0.15, 0.2) is 66.9 Å². The quantitative estimate of drug-likeness (QED) is 0.286. The van der Waals surface area contributed by atoms with Gasteiger partial charge in [-0.05, 0) is 23.8 Å². The van der Waals surface area contributed by atoms with E-state index in [1.807, 2.05) is 66.7 Å². The second-order valence-corrected chi connectivity index (χ2v) is 4.49. The van der Waals surface area contributed by atoms with E-state index in [1.165, 1.54) is 0 Å². The molecule has 106 valence electrons. The molecule has 0 fully saturated rings. The van der Waals surface area contributed by atoms with E-state index in [-0.39, 0.29) is 154 Å². The maximum absolute atomic E-state index is 8.55. The van der Waals surface area contributed by atoms with Crippen LogP contribution in [0, 0.1) is 0 Å². The Balaban J connectivity index is -0.000000444. The van der Waals surface area contributed by atoms with E-state index in [0.717, 1.165) is 11.3 Å². The summed E-state index contributed by atoms with van der Waals surface area (Å²) >= 11 is 0. The number of hydrogen-bond acceptors (Lipinski definition) is 5. The molecule has 2 aromatic rings. The Labute approximate surface area is 263 Å². The minimum atomic E-state index is -5.39. The van der Waals surface area contributed by atoms with Crippen molar-refractivity contribution in [1.29, 1.82) is 0 Å². The van der Waals surface area contributed by atoms with E-state index >= 15 is 0 Å². The largest absolute Gasteiger partial charge is 1.00 e. The molecule has 5 nitrogen and oxygen atoms in total. The molecule has 0 aromatic heterocycles. The van der Waals surface area contributed by atoms with Crippen LogP contribution in [0.2, 0.25) is 0 Å². The number of ether oxygens (including phenoxy) is 1. The zero-order valence-electron chi connectivity index (χ0n) is 13.4. The molecule has 0 atom stereocenters. The number of benzene rings is 2. The Morgan fingerprint density at radius 3 is 1.61 bits per heavy atom. The first-order valence-corrected chi connectivity index (χ1v) is 7.07. The first-order chi connectivity index (χ1) is 9.45. The summed E-state index contributed by atoms with van der Waals surface area (Å²) in [6.07, 6.45) is 3.64. The normalized spacial score (nSPS) is 9.35. The third-order valence-corrected chi connectivity index (χ3v) is 2.01. The van der Waals surface area contributed by atoms with Gasteiger partial charge in [-0.1, -0.05) is 48.5 Å². The van der Waals surface area contributed by atoms with Crippen LogP contribution in [0.1, 0.15) is 5.56 Å². The molecule has 0 N–H and O–H groups in total. The topological polar surface area (TPSA) is 95.5 Å². The van der Waals surface area contributed by atoms with Crippen LogP contribution >= 0.6 is 7.82 Å². The van der Waals surface area contributed by atoms with Crippen molar-refractivity contribution >= 4 is 13.9 Å². The fourth-order valence-electron chi connectivity index (χ4n) is 1.25. The van der Waals surface area contributed by atoms with Gasteiger partial charge in [0, 0.05) is 0 Å². The molecule has 0 amide bonds. The van der Waals surface area contributed by atoms with Gasteiger partial charge in [0.15, 0.2) is 0 Å². The monoisotopic (exact) mass is 408 g/mol. The fourth-order valence-corrected chi connectivity index (χ4v) is 1.25. The van der Waals surface area contributed by atoms with E-state index in [9.17, 15) is 0 Å². The standard InChI is InChI=1S/C14H12O.3K.H3O4P/c1-3-7-13(8-4-1)11-12-15-14-9-5-2-6-10-14;;;;1-5(2,3)4/h1-12H;;;;(H3,1,2,3,4)/q;3*+1;/p-3. The third-order valence-electron chi connectivity index (χ3n) is 2.01. The minimum absolute atomic E-state index is 0. The van der Waals surface area contributed by atoms with Gasteiger partial charge in [-0.25, -0.2) is 0 Å². The summed E-state index contributed by atoms with van der Waals surface area (Å²) in [4.78, 5) is 25.6. The first-order valence-electron chi connectivity index (χ1n) is 5.61. The molecule has 0 spiro atoms. The maximum Gasteiger partial charge on any atom is 1.00 e. The van der Waals surface area contributed by atoms with Crippen LogP contribution in [-0.4, -0.2) is 0 Å². The van der Waals surface area contributed by atoms with Crippen molar-refractivity contribution in [2.75, 3.05) is 0 Å². The molecule has 0 aliphatic carbocycles. The second-order valence-electron chi connectivity index (χ2n) is 3.59. The Hall–Kier alpha value is 3.00. The van der Waals surface area contributed by atoms with Gasteiger partial charge in [-0.15, -0.1) is 0 Å². The average molecular weight is 409 g/mol. The zero-order chi connectivity index (χ0) is 14.8. The van der Waals surface area contributed by atoms with Gasteiger partial charge in [-0.2, -0.15) is 7.82 Å². The smallest absolute Gasteiger partial charge is 0.822 e. The Morgan fingerprint density at radius 2 is 1.17 bits per heavy atom. The van der Waals surface area contributed by atoms with E-state index in [1.54, 1.807) is 6.26 Å². The Bertz CT molecular complexity index is 567. The molecule has 0 heterocycles. The number of phosphoric acid groups is 1. The number of hydrogen-bond donors (Lipinski definition) is 0. The van der Waals surface area contributed by atoms with Crippen LogP contribution in [0.4, 0.5) is 0 Å². The first kappa shape index (κ1) is 30.7. The summed E-state index contributed by atoms with van der Waals surface area (Å²) in [7, 11) is -5.39. The van der Waals surface area contributed by atoms with Crippen molar-refractivity contribution in [3.8, 4) is 5.75 Å². The van der Waals surface area contributed by atoms with Crippen LogP contribution < -0.4 is 174 Å². The van der Waals surface area contributed by atoms with Gasteiger partial charge in [-0.3, -0.25) is 0 Å². The molecule has 0 bridgehead atoms. The van der Waals surface area contributed by atoms with Gasteiger partial charge < -0.3 is 24.0 Å². The van der Waals surface area contributed by atoms with E-state index in [4.69, 9.17) is 24.0 Å². The summed E-state index contributed by atoms with van der Waals surface area (Å²) in [5.74, 6) is 0.852. The molecule has 0 radical (unpaired) electrons. The van der Waals surface area contributed by atoms with E-state index in [0.29, 0.717) is 0 Å². The predicted molar refractivity (Wildman–Crippen MR) is 70.2 cm³/mol. The molecule has 0 unspecified atom stereocenters. The van der Waals surface area contributed by atoms with Crippen LogP contribution in [0.3, 0.4) is 0 Å². The maximum atomic E-state index is 8.55. The third kappa shape index (κ3) is 21.2. The van der Waals surface area contributed by atoms with Crippen molar-refractivity contribution in [2.24, 2.45) is 0 Å². The summed E-state index contributed by atoms with van der Waals surface area (Å²) in [5, 5.41) is 0. The van der Waals surface area contributed by atoms with Gasteiger partial charge in [0.1, 0.15) is 5.75 Å². The van der Waals surface area contributed by atoms with Crippen LogP contribution in [0.25, 0.3) is 6.08 Å². The fraction of sp³-hybridized carbons (Fsp3) is 0. The molecule has 23 heavy (non-hydrogen) atoms. The Kier molecular flexibility index (Phi) is 24.5. The second kappa shape index (κ2) is 18.4. The van der Waals surface area contributed by atoms with Crippen molar-refractivity contribution in [3.05, 3.63) is 72.5 Å². The van der Waals surface area contributed by atoms with Crippen molar-refractivity contribution in [2.45, 2.75) is 0 Å². The zero-order valence-corrected chi connectivity index (χ0v) is 23.7. The number of para-hydroxylation sites is 1. The van der Waals surface area contributed by atoms with Gasteiger partial charge in [0.25, 0.3) is 0 Å². The molecular weight excluding hydrogens is 396 g/mol. The molecule has 0 saturated carbocycles. The van der Waals surface area contributed by atoms with Gasteiger partial charge >= 0.3 is 154 Å². The molecule has 0 aliphatic rings. The predicted octanol–water partition coefficient (Wildman–Crippen LogP) is -8.08. The molecule has 9 heteroatoms. The SMILES string of the molecule is C(=Cc1ccccc1)Oc1ccccc1.O=P([O-])([O-])[O-].[K+].[K+].[K+]. The number of rotatable bonds is 3. The van der Waals surface area contributed by atoms with Crippen LogP contribution in [-0.2, 0) is 4.57 Å². The van der Waals surface area contributed by atoms with Crippen LogP contribution in [0.5, 0.6) is 5.75 Å². The minimum Gasteiger partial charge on any atom is -0.822 e. The summed E-state index contributed by atoms with van der Waals surface area (Å²) in [6.45, 7) is 0. The average Bonchev–Trinajstić information content (AvgIpc) is 2.39. The van der Waals surface area contributed by atoms with Crippen molar-refractivity contribution < 1.29 is 178 Å². The molecule has 0 saturated heterocycles. The van der Waals surface area contributed by atoms with Crippen molar-refractivity contribution in [1.82, 2.24) is 0 Å². The molecular formula is C14H12K3O5P. The Morgan fingerprint density at radius 1 is 0.783 bits per heavy atom. The van der Waals surface area contributed by atoms with E-state index in [2.05, 4.69) is 0 Å². The molecule has 2 aromatic carbocycles. The summed E-state index contributed by atoms with van der Waals surface area (Å²) in [6, 6.07) is 19.8. The summed E-state index contributed by atoms with van der Waals surface area (Å²) in [5.41, 5.74) is 1.13. The van der Waals surface area contributed by atoms with Gasteiger partial charge in [0.2, 0.25) is 0 Å². The van der Waals surface area contributed by atoms with Gasteiger partial charge in [0.05, 0.1) is 6.26 Å². The van der Waals surface area contributed by atoms with E-state index < -0.39 is 7.82 Å².